The molecule has 1 nitrogen and oxygen atoms in total. The Bertz CT molecular complexity index is 419. The van der Waals surface area contributed by atoms with Crippen LogP contribution in [0.25, 0.3) is 0 Å². The molecule has 3 heteroatoms. The Hall–Kier alpha value is -0.410. The fraction of sp³-hybridized carbons (Fsp3) is 0.625. The Morgan fingerprint density at radius 3 is 2.42 bits per heavy atom. The number of nitrogens with one attached hydrogen (secondary N) is 1. The average Bonchev–Trinajstić information content (AvgIpc) is 2.21. The predicted octanol–water partition coefficient (Wildman–Crippen LogP) is 4.55. The van der Waals surface area contributed by atoms with Crippen LogP contribution in [0.2, 0.25) is 0 Å². The summed E-state index contributed by atoms with van der Waals surface area (Å²) in [6.45, 7) is 7.67. The summed E-state index contributed by atoms with van der Waals surface area (Å²) in [5.41, 5.74) is 1.29. The highest BCUT2D eigenvalue weighted by molar-refractivity contribution is 9.10. The molecule has 0 heterocycles. The SMILES string of the molecule is CC(C)(C)NCC1CCC1Cc1cc(F)cc(Br)c1. The highest BCUT2D eigenvalue weighted by atomic mass is 79.9. The molecule has 1 aliphatic carbocycles. The molecule has 2 rings (SSSR count). The van der Waals surface area contributed by atoms with Crippen LogP contribution in [0.4, 0.5) is 4.39 Å². The molecule has 1 N–H and O–H groups in total. The van der Waals surface area contributed by atoms with Gasteiger partial charge in [-0.1, -0.05) is 15.9 Å². The maximum absolute atomic E-state index is 13.4. The van der Waals surface area contributed by atoms with E-state index in [9.17, 15) is 4.39 Å². The molecule has 0 spiro atoms. The lowest BCUT2D eigenvalue weighted by Gasteiger charge is -2.39. The molecular weight excluding hydrogens is 305 g/mol. The number of hydrogen-bond donors (Lipinski definition) is 1. The number of halogens is 2. The highest BCUT2D eigenvalue weighted by Crippen LogP contribution is 2.37. The van der Waals surface area contributed by atoms with E-state index in [1.807, 2.05) is 6.07 Å². The largest absolute Gasteiger partial charge is 0.312 e. The van der Waals surface area contributed by atoms with Gasteiger partial charge in [0, 0.05) is 10.0 Å². The quantitative estimate of drug-likeness (QED) is 0.855. The molecule has 106 valence electrons. The maximum atomic E-state index is 13.4. The number of rotatable bonds is 4. The topological polar surface area (TPSA) is 12.0 Å². The normalized spacial score (nSPS) is 23.2. The summed E-state index contributed by atoms with van der Waals surface area (Å²) in [6.07, 6.45) is 3.56. The summed E-state index contributed by atoms with van der Waals surface area (Å²) in [5.74, 6) is 1.29. The van der Waals surface area contributed by atoms with Crippen LogP contribution >= 0.6 is 15.9 Å². The van der Waals surface area contributed by atoms with E-state index in [1.165, 1.54) is 18.9 Å². The van der Waals surface area contributed by atoms with Gasteiger partial charge in [-0.2, -0.15) is 0 Å². The van der Waals surface area contributed by atoms with Gasteiger partial charge in [-0.05, 0) is 82.2 Å². The molecule has 0 amide bonds. The van der Waals surface area contributed by atoms with Gasteiger partial charge >= 0.3 is 0 Å². The first kappa shape index (κ1) is 15.0. The van der Waals surface area contributed by atoms with Crippen molar-refractivity contribution in [2.45, 2.75) is 45.6 Å². The zero-order valence-corrected chi connectivity index (χ0v) is 13.6. The van der Waals surface area contributed by atoms with Crippen LogP contribution < -0.4 is 5.32 Å². The number of benzene rings is 1. The molecule has 1 saturated carbocycles. The third-order valence-corrected chi connectivity index (χ3v) is 4.35. The van der Waals surface area contributed by atoms with Gasteiger partial charge in [-0.15, -0.1) is 0 Å². The molecule has 0 aliphatic heterocycles. The van der Waals surface area contributed by atoms with Gasteiger partial charge in [0.2, 0.25) is 0 Å². The molecule has 1 aliphatic rings. The molecular formula is C16H23BrFN. The second-order valence-electron chi connectivity index (χ2n) is 6.71. The van der Waals surface area contributed by atoms with Crippen molar-refractivity contribution in [3.05, 3.63) is 34.1 Å². The van der Waals surface area contributed by atoms with E-state index in [4.69, 9.17) is 0 Å². The van der Waals surface area contributed by atoms with Crippen LogP contribution in [0.15, 0.2) is 22.7 Å². The van der Waals surface area contributed by atoms with Gasteiger partial charge in [-0.25, -0.2) is 4.39 Å². The zero-order chi connectivity index (χ0) is 14.0. The molecule has 0 radical (unpaired) electrons. The van der Waals surface area contributed by atoms with Crippen molar-refractivity contribution in [3.8, 4) is 0 Å². The Morgan fingerprint density at radius 1 is 1.21 bits per heavy atom. The second kappa shape index (κ2) is 5.92. The minimum absolute atomic E-state index is 0.145. The lowest BCUT2D eigenvalue weighted by molar-refractivity contribution is 0.159. The first-order valence-corrected chi connectivity index (χ1v) is 7.83. The van der Waals surface area contributed by atoms with Crippen LogP contribution in [0.1, 0.15) is 39.2 Å². The molecule has 1 aromatic carbocycles. The van der Waals surface area contributed by atoms with E-state index in [0.29, 0.717) is 5.92 Å². The van der Waals surface area contributed by atoms with E-state index in [2.05, 4.69) is 42.0 Å². The van der Waals surface area contributed by atoms with Crippen molar-refractivity contribution >= 4 is 15.9 Å². The van der Waals surface area contributed by atoms with Crippen molar-refractivity contribution in [3.63, 3.8) is 0 Å². The second-order valence-corrected chi connectivity index (χ2v) is 7.63. The van der Waals surface area contributed by atoms with Crippen molar-refractivity contribution in [2.75, 3.05) is 6.54 Å². The van der Waals surface area contributed by atoms with Gasteiger partial charge in [-0.3, -0.25) is 0 Å². The summed E-state index contributed by atoms with van der Waals surface area (Å²) in [5, 5.41) is 3.58. The van der Waals surface area contributed by atoms with Gasteiger partial charge in [0.1, 0.15) is 5.82 Å². The minimum atomic E-state index is -0.145. The van der Waals surface area contributed by atoms with Gasteiger partial charge in [0.25, 0.3) is 0 Å². The fourth-order valence-electron chi connectivity index (χ4n) is 2.64. The molecule has 19 heavy (non-hydrogen) atoms. The molecule has 0 saturated heterocycles. The summed E-state index contributed by atoms with van der Waals surface area (Å²) >= 11 is 3.36. The molecule has 2 atom stereocenters. The van der Waals surface area contributed by atoms with Gasteiger partial charge < -0.3 is 5.32 Å². The maximum Gasteiger partial charge on any atom is 0.124 e. The van der Waals surface area contributed by atoms with Crippen molar-refractivity contribution in [2.24, 2.45) is 11.8 Å². The summed E-state index contributed by atoms with van der Waals surface area (Å²) in [6, 6.07) is 5.22. The highest BCUT2D eigenvalue weighted by Gasteiger charge is 2.31. The molecule has 0 bridgehead atoms. The van der Waals surface area contributed by atoms with Gasteiger partial charge in [0.15, 0.2) is 0 Å². The van der Waals surface area contributed by atoms with Crippen LogP contribution in [0, 0.1) is 17.7 Å². The van der Waals surface area contributed by atoms with Crippen molar-refractivity contribution in [1.29, 1.82) is 0 Å². The van der Waals surface area contributed by atoms with E-state index in [-0.39, 0.29) is 11.4 Å². The smallest absolute Gasteiger partial charge is 0.124 e. The molecule has 1 fully saturated rings. The van der Waals surface area contributed by atoms with Crippen LogP contribution in [0.5, 0.6) is 0 Å². The molecule has 2 unspecified atom stereocenters. The first-order chi connectivity index (χ1) is 8.83. The zero-order valence-electron chi connectivity index (χ0n) is 12.0. The monoisotopic (exact) mass is 327 g/mol. The predicted molar refractivity (Wildman–Crippen MR) is 81.8 cm³/mol. The summed E-state index contributed by atoms with van der Waals surface area (Å²) < 4.78 is 14.2. The average molecular weight is 328 g/mol. The van der Waals surface area contributed by atoms with Crippen molar-refractivity contribution < 1.29 is 4.39 Å². The molecule has 0 aromatic heterocycles. The van der Waals surface area contributed by atoms with Crippen LogP contribution in [-0.4, -0.2) is 12.1 Å². The van der Waals surface area contributed by atoms with Crippen LogP contribution in [0.3, 0.4) is 0 Å². The Balaban J connectivity index is 1.89. The fourth-order valence-corrected chi connectivity index (χ4v) is 3.16. The third-order valence-electron chi connectivity index (χ3n) is 3.89. The van der Waals surface area contributed by atoms with Crippen molar-refractivity contribution in [1.82, 2.24) is 5.32 Å². The lowest BCUT2D eigenvalue weighted by Crippen LogP contribution is -2.44. The van der Waals surface area contributed by atoms with E-state index < -0.39 is 0 Å². The lowest BCUT2D eigenvalue weighted by atomic mass is 9.70. The summed E-state index contributed by atoms with van der Waals surface area (Å²) in [4.78, 5) is 0. The Labute approximate surface area is 124 Å². The van der Waals surface area contributed by atoms with Gasteiger partial charge in [0.05, 0.1) is 0 Å². The molecule has 1 aromatic rings. The first-order valence-electron chi connectivity index (χ1n) is 7.03. The summed E-state index contributed by atoms with van der Waals surface area (Å²) in [7, 11) is 0. The minimum Gasteiger partial charge on any atom is -0.312 e. The number of hydrogen-bond acceptors (Lipinski definition) is 1. The standard InChI is InChI=1S/C16H23BrFN/c1-16(2,3)19-10-13-5-4-12(13)6-11-7-14(17)9-15(18)8-11/h7-9,12-13,19H,4-6,10H2,1-3H3. The Kier molecular flexibility index (Phi) is 4.67. The third kappa shape index (κ3) is 4.57. The van der Waals surface area contributed by atoms with E-state index in [1.54, 1.807) is 6.07 Å². The van der Waals surface area contributed by atoms with E-state index in [0.717, 1.165) is 28.9 Å². The van der Waals surface area contributed by atoms with Crippen LogP contribution in [-0.2, 0) is 6.42 Å². The Morgan fingerprint density at radius 2 is 1.89 bits per heavy atom. The van der Waals surface area contributed by atoms with E-state index >= 15 is 0 Å².